The van der Waals surface area contributed by atoms with E-state index in [-0.39, 0.29) is 0 Å². The predicted molar refractivity (Wildman–Crippen MR) is 75.5 cm³/mol. The number of benzene rings is 1. The average molecular weight is 283 g/mol. The maximum atomic E-state index is 11.2. The lowest BCUT2D eigenvalue weighted by Crippen LogP contribution is -2.03. The molecule has 2 aromatic rings. The van der Waals surface area contributed by atoms with E-state index in [0.717, 1.165) is 16.7 Å². The number of hydrogen-bond donors (Lipinski definition) is 2. The monoisotopic (exact) mass is 283 g/mol. The number of pyridine rings is 1. The highest BCUT2D eigenvalue weighted by Gasteiger charge is 2.35. The lowest BCUT2D eigenvalue weighted by atomic mass is 10.0. The van der Waals surface area contributed by atoms with Crippen molar-refractivity contribution in [2.24, 2.45) is 0 Å². The Bertz CT molecular complexity index is 734. The molecule has 0 radical (unpaired) electrons. The summed E-state index contributed by atoms with van der Waals surface area (Å²) >= 11 is 0. The minimum atomic E-state index is -0.942. The van der Waals surface area contributed by atoms with Gasteiger partial charge < -0.3 is 14.9 Å². The second kappa shape index (κ2) is 4.94. The van der Waals surface area contributed by atoms with Gasteiger partial charge in [0.25, 0.3) is 0 Å². The number of aliphatic hydroxyl groups is 2. The summed E-state index contributed by atoms with van der Waals surface area (Å²) in [7, 11) is 0. The fraction of sp³-hybridized carbons (Fsp3) is 0.125. The molecule has 0 aliphatic carbocycles. The summed E-state index contributed by atoms with van der Waals surface area (Å²) in [5, 5.41) is 19.0. The molecule has 1 aliphatic heterocycles. The van der Waals surface area contributed by atoms with Crippen LogP contribution in [0.4, 0.5) is 0 Å². The van der Waals surface area contributed by atoms with Crippen molar-refractivity contribution in [2.45, 2.75) is 13.0 Å². The van der Waals surface area contributed by atoms with Crippen molar-refractivity contribution in [3.8, 4) is 11.1 Å². The number of hydrogen-bond acceptors (Lipinski definition) is 5. The smallest absolute Gasteiger partial charge is 0.378 e. The van der Waals surface area contributed by atoms with E-state index >= 15 is 0 Å². The molecule has 2 heterocycles. The maximum Gasteiger partial charge on any atom is 0.378 e. The van der Waals surface area contributed by atoms with Gasteiger partial charge in [0, 0.05) is 23.5 Å². The van der Waals surface area contributed by atoms with E-state index in [0.29, 0.717) is 5.56 Å². The first-order valence-corrected chi connectivity index (χ1v) is 6.41. The molecule has 3 rings (SSSR count). The van der Waals surface area contributed by atoms with Gasteiger partial charge in [-0.1, -0.05) is 24.3 Å². The number of rotatable bonds is 2. The van der Waals surface area contributed by atoms with Crippen molar-refractivity contribution < 1.29 is 19.7 Å². The van der Waals surface area contributed by atoms with Crippen molar-refractivity contribution in [3.05, 3.63) is 65.4 Å². The molecule has 106 valence electrons. The molecule has 1 unspecified atom stereocenters. The van der Waals surface area contributed by atoms with Crippen molar-refractivity contribution in [2.75, 3.05) is 0 Å². The van der Waals surface area contributed by atoms with Gasteiger partial charge in [-0.2, -0.15) is 0 Å². The molecule has 1 aliphatic rings. The van der Waals surface area contributed by atoms with Crippen molar-refractivity contribution in [1.29, 1.82) is 0 Å². The Hall–Kier alpha value is -2.82. The van der Waals surface area contributed by atoms with Gasteiger partial charge in [0.15, 0.2) is 11.9 Å². The third-order valence-corrected chi connectivity index (χ3v) is 3.33. The molecule has 0 saturated heterocycles. The van der Waals surface area contributed by atoms with Crippen LogP contribution in [0.3, 0.4) is 0 Å². The summed E-state index contributed by atoms with van der Waals surface area (Å²) in [5.74, 6) is -2.10. The van der Waals surface area contributed by atoms with Gasteiger partial charge in [-0.15, -0.1) is 0 Å². The van der Waals surface area contributed by atoms with Crippen molar-refractivity contribution >= 4 is 5.97 Å². The Morgan fingerprint density at radius 3 is 2.38 bits per heavy atom. The van der Waals surface area contributed by atoms with E-state index in [4.69, 9.17) is 4.74 Å². The van der Waals surface area contributed by atoms with Crippen LogP contribution in [0.5, 0.6) is 0 Å². The van der Waals surface area contributed by atoms with Gasteiger partial charge in [0.2, 0.25) is 5.76 Å². The molecule has 5 heteroatoms. The molecule has 5 nitrogen and oxygen atoms in total. The van der Waals surface area contributed by atoms with E-state index in [9.17, 15) is 15.0 Å². The molecule has 0 saturated carbocycles. The number of aryl methyl sites for hydroxylation is 1. The lowest BCUT2D eigenvalue weighted by molar-refractivity contribution is -0.142. The normalized spacial score (nSPS) is 18.0. The average Bonchev–Trinajstić information content (AvgIpc) is 2.75. The Morgan fingerprint density at radius 1 is 1.10 bits per heavy atom. The summed E-state index contributed by atoms with van der Waals surface area (Å²) in [5.41, 5.74) is 3.60. The quantitative estimate of drug-likeness (QED) is 0.828. The number of carbonyl (C=O) groups excluding carboxylic acids is 1. The van der Waals surface area contributed by atoms with E-state index in [1.165, 1.54) is 0 Å². The summed E-state index contributed by atoms with van der Waals surface area (Å²) in [6.07, 6.45) is 2.60. The zero-order valence-electron chi connectivity index (χ0n) is 11.3. The van der Waals surface area contributed by atoms with E-state index < -0.39 is 23.6 Å². The number of esters is 1. The summed E-state index contributed by atoms with van der Waals surface area (Å²) in [6, 6.07) is 9.19. The highest BCUT2D eigenvalue weighted by molar-refractivity contribution is 5.89. The zero-order valence-corrected chi connectivity index (χ0v) is 11.3. The minimum absolute atomic E-state index is 0.454. The lowest BCUT2D eigenvalue weighted by Gasteiger charge is -2.11. The Balaban J connectivity index is 1.90. The summed E-state index contributed by atoms with van der Waals surface area (Å²) in [6.45, 7) is 1.97. The fourth-order valence-electron chi connectivity index (χ4n) is 2.24. The van der Waals surface area contributed by atoms with Crippen molar-refractivity contribution in [1.82, 2.24) is 4.98 Å². The van der Waals surface area contributed by atoms with Gasteiger partial charge in [-0.3, -0.25) is 4.98 Å². The van der Waals surface area contributed by atoms with Gasteiger partial charge >= 0.3 is 5.97 Å². The van der Waals surface area contributed by atoms with Gasteiger partial charge in [-0.05, 0) is 24.1 Å². The highest BCUT2D eigenvalue weighted by atomic mass is 16.6. The largest absolute Gasteiger partial charge is 0.505 e. The van der Waals surface area contributed by atoms with Crippen LogP contribution in [0.1, 0.15) is 17.2 Å². The van der Waals surface area contributed by atoms with Crippen LogP contribution in [0.25, 0.3) is 11.1 Å². The third kappa shape index (κ3) is 2.33. The number of nitrogens with zero attached hydrogens (tertiary/aromatic N) is 1. The topological polar surface area (TPSA) is 79.7 Å². The van der Waals surface area contributed by atoms with E-state index in [1.54, 1.807) is 24.5 Å². The number of aromatic nitrogens is 1. The Kier molecular flexibility index (Phi) is 3.10. The summed E-state index contributed by atoms with van der Waals surface area (Å²) in [4.78, 5) is 15.3. The number of ether oxygens (including phenoxy) is 1. The molecule has 0 amide bonds. The first-order valence-electron chi connectivity index (χ1n) is 6.41. The van der Waals surface area contributed by atoms with Crippen LogP contribution in [0.2, 0.25) is 0 Å². The van der Waals surface area contributed by atoms with Gasteiger partial charge in [0.05, 0.1) is 0 Å². The van der Waals surface area contributed by atoms with Crippen LogP contribution < -0.4 is 0 Å². The number of aliphatic hydroxyl groups excluding tert-OH is 2. The van der Waals surface area contributed by atoms with E-state index in [1.807, 2.05) is 25.1 Å². The second-order valence-electron chi connectivity index (χ2n) is 4.89. The molecule has 1 aromatic heterocycles. The minimum Gasteiger partial charge on any atom is -0.505 e. The molecule has 1 atom stereocenters. The molecular weight excluding hydrogens is 270 g/mol. The third-order valence-electron chi connectivity index (χ3n) is 3.33. The number of carbonyl (C=O) groups is 1. The first-order chi connectivity index (χ1) is 10.1. The fourth-order valence-corrected chi connectivity index (χ4v) is 2.24. The summed E-state index contributed by atoms with van der Waals surface area (Å²) < 4.78 is 4.91. The molecule has 0 spiro atoms. The highest BCUT2D eigenvalue weighted by Crippen LogP contribution is 2.33. The molecular formula is C16H13NO4. The second-order valence-corrected chi connectivity index (χ2v) is 4.89. The molecule has 0 fully saturated rings. The van der Waals surface area contributed by atoms with Gasteiger partial charge in [-0.25, -0.2) is 4.79 Å². The first kappa shape index (κ1) is 13.2. The van der Waals surface area contributed by atoms with Crippen LogP contribution in [0.15, 0.2) is 54.2 Å². The molecule has 0 bridgehead atoms. The molecule has 1 aromatic carbocycles. The SMILES string of the molecule is Cc1cncc(-c2ccc(C3OC(=O)C(O)=C3O)cc2)c1. The van der Waals surface area contributed by atoms with Crippen molar-refractivity contribution in [3.63, 3.8) is 0 Å². The Labute approximate surface area is 121 Å². The van der Waals surface area contributed by atoms with Gasteiger partial charge in [0.1, 0.15) is 0 Å². The molecule has 2 N–H and O–H groups in total. The van der Waals surface area contributed by atoms with Crippen LogP contribution in [0, 0.1) is 6.92 Å². The van der Waals surface area contributed by atoms with E-state index in [2.05, 4.69) is 4.98 Å². The Morgan fingerprint density at radius 2 is 1.81 bits per heavy atom. The predicted octanol–water partition coefficient (Wildman–Crippen LogP) is 2.98. The van der Waals surface area contributed by atoms with Crippen LogP contribution >= 0.6 is 0 Å². The standard InChI is InChI=1S/C16H13NO4/c1-9-6-12(8-17-7-9)10-2-4-11(5-3-10)15-13(18)14(19)16(20)21-15/h2-8,15,18-19H,1H3. The van der Waals surface area contributed by atoms with Crippen LogP contribution in [-0.4, -0.2) is 21.2 Å². The molecule has 21 heavy (non-hydrogen) atoms. The van der Waals surface area contributed by atoms with Crippen LogP contribution in [-0.2, 0) is 9.53 Å². The maximum absolute atomic E-state index is 11.2. The number of cyclic esters (lactones) is 1. The zero-order chi connectivity index (χ0) is 15.0.